The predicted molar refractivity (Wildman–Crippen MR) is 69.9 cm³/mol. The lowest BCUT2D eigenvalue weighted by Crippen LogP contribution is -2.49. The molecule has 2 aromatic rings. The van der Waals surface area contributed by atoms with E-state index in [0.717, 1.165) is 31.9 Å². The first-order valence-corrected chi connectivity index (χ1v) is 6.89. The summed E-state index contributed by atoms with van der Waals surface area (Å²) in [7, 11) is 0. The first kappa shape index (κ1) is 11.8. The lowest BCUT2D eigenvalue weighted by molar-refractivity contribution is 0.164. The van der Waals surface area contributed by atoms with E-state index < -0.39 is 0 Å². The molecule has 2 aromatic heterocycles. The molecular weight excluding hydrogens is 250 g/mol. The Bertz CT molecular complexity index is 607. The van der Waals surface area contributed by atoms with Gasteiger partial charge in [-0.3, -0.25) is 9.69 Å². The van der Waals surface area contributed by atoms with Gasteiger partial charge >= 0.3 is 0 Å². The average Bonchev–Trinajstić information content (AvgIpc) is 2.81. The van der Waals surface area contributed by atoms with Crippen LogP contribution in [0.25, 0.3) is 4.96 Å². The molecule has 18 heavy (non-hydrogen) atoms. The first-order valence-electron chi connectivity index (χ1n) is 6.01. The summed E-state index contributed by atoms with van der Waals surface area (Å²) in [5.41, 5.74) is 2.37. The molecule has 1 aliphatic heterocycles. The zero-order chi connectivity index (χ0) is 12.5. The van der Waals surface area contributed by atoms with E-state index in [2.05, 4.69) is 27.2 Å². The Kier molecular flexibility index (Phi) is 3.11. The second-order valence-electron chi connectivity index (χ2n) is 4.54. The van der Waals surface area contributed by atoms with Crippen molar-refractivity contribution >= 4 is 16.3 Å². The molecular formula is C11H15N5OS. The second kappa shape index (κ2) is 4.75. The zero-order valence-electron chi connectivity index (χ0n) is 10.2. The van der Waals surface area contributed by atoms with E-state index in [-0.39, 0.29) is 5.56 Å². The van der Waals surface area contributed by atoms with Gasteiger partial charge in [-0.15, -0.1) is 0 Å². The summed E-state index contributed by atoms with van der Waals surface area (Å²) in [6, 6.07) is 2.06. The smallest absolute Gasteiger partial charge is 0.275 e. The van der Waals surface area contributed by atoms with Gasteiger partial charge in [0, 0.05) is 38.3 Å². The molecule has 1 aliphatic rings. The Morgan fingerprint density at radius 2 is 2.50 bits per heavy atom. The van der Waals surface area contributed by atoms with E-state index in [4.69, 9.17) is 0 Å². The van der Waals surface area contributed by atoms with Crippen molar-refractivity contribution in [3.8, 4) is 0 Å². The SMILES string of the molecule is C[C@@H]1CNCCN1Cc1cc(=O)n2ncsc2n1. The predicted octanol–water partition coefficient (Wildman–Crippen LogP) is -0.0553. The Balaban J connectivity index is 1.87. The van der Waals surface area contributed by atoms with E-state index >= 15 is 0 Å². The normalized spacial score (nSPS) is 21.5. The highest BCUT2D eigenvalue weighted by atomic mass is 32.1. The van der Waals surface area contributed by atoms with Crippen LogP contribution in [0.15, 0.2) is 16.4 Å². The molecule has 0 unspecified atom stereocenters. The highest BCUT2D eigenvalue weighted by molar-refractivity contribution is 7.14. The summed E-state index contributed by atoms with van der Waals surface area (Å²) >= 11 is 1.39. The fourth-order valence-electron chi connectivity index (χ4n) is 2.21. The molecule has 0 bridgehead atoms. The molecule has 6 nitrogen and oxygen atoms in total. The number of fused-ring (bicyclic) bond motifs is 1. The number of aromatic nitrogens is 3. The maximum absolute atomic E-state index is 11.8. The van der Waals surface area contributed by atoms with Crippen molar-refractivity contribution in [3.05, 3.63) is 27.6 Å². The van der Waals surface area contributed by atoms with Crippen LogP contribution in [-0.4, -0.2) is 45.2 Å². The van der Waals surface area contributed by atoms with E-state index in [1.54, 1.807) is 11.6 Å². The van der Waals surface area contributed by atoms with Gasteiger partial charge in [-0.05, 0) is 6.92 Å². The van der Waals surface area contributed by atoms with Crippen LogP contribution in [0.4, 0.5) is 0 Å². The minimum absolute atomic E-state index is 0.0981. The Morgan fingerprint density at radius 3 is 3.33 bits per heavy atom. The van der Waals surface area contributed by atoms with Gasteiger partial charge in [-0.2, -0.15) is 9.61 Å². The van der Waals surface area contributed by atoms with Gasteiger partial charge in [-0.1, -0.05) is 11.3 Å². The summed E-state index contributed by atoms with van der Waals surface area (Å²) in [6.45, 7) is 5.88. The van der Waals surface area contributed by atoms with Gasteiger partial charge in [0.25, 0.3) is 5.56 Å². The summed E-state index contributed by atoms with van der Waals surface area (Å²) < 4.78 is 1.34. The minimum atomic E-state index is -0.0981. The summed E-state index contributed by atoms with van der Waals surface area (Å²) in [4.78, 5) is 19.3. The third kappa shape index (κ3) is 2.16. The van der Waals surface area contributed by atoms with Crippen molar-refractivity contribution in [2.75, 3.05) is 19.6 Å². The van der Waals surface area contributed by atoms with Crippen molar-refractivity contribution < 1.29 is 0 Å². The Hall–Kier alpha value is -1.31. The van der Waals surface area contributed by atoms with Gasteiger partial charge in [-0.25, -0.2) is 4.98 Å². The maximum atomic E-state index is 11.8. The van der Waals surface area contributed by atoms with Crippen LogP contribution >= 0.6 is 11.3 Å². The van der Waals surface area contributed by atoms with E-state index in [9.17, 15) is 4.79 Å². The van der Waals surface area contributed by atoms with Gasteiger partial charge in [0.15, 0.2) is 0 Å². The summed E-state index contributed by atoms with van der Waals surface area (Å²) in [6.07, 6.45) is 0. The Labute approximate surface area is 108 Å². The Morgan fingerprint density at radius 1 is 1.61 bits per heavy atom. The average molecular weight is 265 g/mol. The zero-order valence-corrected chi connectivity index (χ0v) is 11.0. The molecule has 0 saturated carbocycles. The van der Waals surface area contributed by atoms with Crippen LogP contribution in [0.2, 0.25) is 0 Å². The molecule has 3 heterocycles. The lowest BCUT2D eigenvalue weighted by atomic mass is 10.2. The van der Waals surface area contributed by atoms with E-state index in [0.29, 0.717) is 11.0 Å². The molecule has 0 aromatic carbocycles. The fraction of sp³-hybridized carbons (Fsp3) is 0.545. The van der Waals surface area contributed by atoms with Gasteiger partial charge < -0.3 is 5.32 Å². The standard InChI is InChI=1S/C11H15N5OS/c1-8-5-12-2-3-15(8)6-9-4-10(17)16-11(14-9)18-7-13-16/h4,7-8,12H,2-3,5-6H2,1H3/t8-/m1/s1. The number of nitrogens with one attached hydrogen (secondary N) is 1. The third-order valence-corrected chi connectivity index (χ3v) is 3.92. The fourth-order valence-corrected chi connectivity index (χ4v) is 2.85. The van der Waals surface area contributed by atoms with E-state index in [1.165, 1.54) is 15.9 Å². The van der Waals surface area contributed by atoms with Crippen molar-refractivity contribution in [2.24, 2.45) is 0 Å². The highest BCUT2D eigenvalue weighted by Gasteiger charge is 2.18. The van der Waals surface area contributed by atoms with Gasteiger partial charge in [0.2, 0.25) is 4.96 Å². The number of hydrogen-bond acceptors (Lipinski definition) is 6. The van der Waals surface area contributed by atoms with Gasteiger partial charge in [0.05, 0.1) is 5.69 Å². The van der Waals surface area contributed by atoms with Crippen LogP contribution in [0.5, 0.6) is 0 Å². The first-order chi connectivity index (χ1) is 8.74. The molecule has 1 atom stereocenters. The molecule has 1 N–H and O–H groups in total. The van der Waals surface area contributed by atoms with Crippen LogP contribution < -0.4 is 10.9 Å². The van der Waals surface area contributed by atoms with Crippen molar-refractivity contribution in [2.45, 2.75) is 19.5 Å². The molecule has 7 heteroatoms. The van der Waals surface area contributed by atoms with Gasteiger partial charge in [0.1, 0.15) is 5.51 Å². The highest BCUT2D eigenvalue weighted by Crippen LogP contribution is 2.09. The van der Waals surface area contributed by atoms with Crippen molar-refractivity contribution in [1.82, 2.24) is 24.8 Å². The summed E-state index contributed by atoms with van der Waals surface area (Å²) in [5, 5.41) is 7.31. The molecule has 0 amide bonds. The number of hydrogen-bond donors (Lipinski definition) is 1. The monoisotopic (exact) mass is 265 g/mol. The van der Waals surface area contributed by atoms with Crippen molar-refractivity contribution in [1.29, 1.82) is 0 Å². The quantitative estimate of drug-likeness (QED) is 0.824. The maximum Gasteiger partial charge on any atom is 0.275 e. The number of nitrogens with zero attached hydrogens (tertiary/aromatic N) is 4. The second-order valence-corrected chi connectivity index (χ2v) is 5.35. The molecule has 96 valence electrons. The molecule has 1 fully saturated rings. The van der Waals surface area contributed by atoms with Crippen molar-refractivity contribution in [3.63, 3.8) is 0 Å². The summed E-state index contributed by atoms with van der Waals surface area (Å²) in [5.74, 6) is 0. The van der Waals surface area contributed by atoms with Crippen LogP contribution in [0, 0.1) is 0 Å². The minimum Gasteiger partial charge on any atom is -0.314 e. The molecule has 0 spiro atoms. The van der Waals surface area contributed by atoms with E-state index in [1.807, 2.05) is 0 Å². The number of rotatable bonds is 2. The molecule has 0 aliphatic carbocycles. The number of piperazine rings is 1. The molecule has 3 rings (SSSR count). The van der Waals surface area contributed by atoms with Crippen LogP contribution in [0.3, 0.4) is 0 Å². The van der Waals surface area contributed by atoms with Crippen LogP contribution in [-0.2, 0) is 6.54 Å². The van der Waals surface area contributed by atoms with Crippen LogP contribution in [0.1, 0.15) is 12.6 Å². The molecule has 0 radical (unpaired) electrons. The topological polar surface area (TPSA) is 62.5 Å². The largest absolute Gasteiger partial charge is 0.314 e. The lowest BCUT2D eigenvalue weighted by Gasteiger charge is -2.33. The third-order valence-electron chi connectivity index (χ3n) is 3.24. The molecule has 1 saturated heterocycles.